The van der Waals surface area contributed by atoms with Gasteiger partial charge in [-0.05, 0) is 91.9 Å². The summed E-state index contributed by atoms with van der Waals surface area (Å²) in [6.45, 7) is 8.02. The van der Waals surface area contributed by atoms with Crippen LogP contribution in [0.2, 0.25) is 0 Å². The summed E-state index contributed by atoms with van der Waals surface area (Å²) in [7, 11) is 1.59. The van der Waals surface area contributed by atoms with Gasteiger partial charge >= 0.3 is 0 Å². The molecule has 1 aliphatic heterocycles. The molecule has 32 heavy (non-hydrogen) atoms. The lowest BCUT2D eigenvalue weighted by Gasteiger charge is -2.17. The van der Waals surface area contributed by atoms with Crippen LogP contribution in [0.5, 0.6) is 5.75 Å². The van der Waals surface area contributed by atoms with Gasteiger partial charge in [-0.15, -0.1) is 0 Å². The van der Waals surface area contributed by atoms with E-state index in [1.165, 1.54) is 4.90 Å². The van der Waals surface area contributed by atoms with Crippen molar-refractivity contribution in [3.05, 3.63) is 94.2 Å². The molecule has 0 aliphatic carbocycles. The quantitative estimate of drug-likeness (QED) is 0.561. The first-order valence-corrected chi connectivity index (χ1v) is 10.5. The molecule has 0 fully saturated rings. The molecule has 0 saturated carbocycles. The van der Waals surface area contributed by atoms with Crippen LogP contribution in [0.15, 0.2) is 66.4 Å². The number of hydrogen-bond donors (Lipinski definition) is 1. The standard InChI is InChI=1S/C27H26N2O3/c1-16-6-10-21(14-18(16)3)28-25-24(20-8-12-23(32-5)13-9-20)26(30)29(27(25)31)22-11-7-17(2)19(4)15-22/h6-15,28H,1-5H3. The second-order valence-corrected chi connectivity index (χ2v) is 8.12. The van der Waals surface area contributed by atoms with Gasteiger partial charge in [0.25, 0.3) is 11.8 Å². The fraction of sp³-hybridized carbons (Fsp3) is 0.185. The first kappa shape index (κ1) is 21.4. The van der Waals surface area contributed by atoms with Gasteiger partial charge in [-0.1, -0.05) is 24.3 Å². The molecular formula is C27H26N2O3. The van der Waals surface area contributed by atoms with Crippen molar-refractivity contribution in [2.45, 2.75) is 27.7 Å². The minimum absolute atomic E-state index is 0.265. The van der Waals surface area contributed by atoms with Crippen LogP contribution in [0.3, 0.4) is 0 Å². The summed E-state index contributed by atoms with van der Waals surface area (Å²) < 4.78 is 5.25. The number of nitrogens with zero attached hydrogens (tertiary/aromatic N) is 1. The van der Waals surface area contributed by atoms with E-state index in [4.69, 9.17) is 4.74 Å². The number of hydrogen-bond acceptors (Lipinski definition) is 4. The first-order chi connectivity index (χ1) is 15.3. The molecule has 1 heterocycles. The number of aryl methyl sites for hydroxylation is 4. The van der Waals surface area contributed by atoms with E-state index < -0.39 is 0 Å². The second-order valence-electron chi connectivity index (χ2n) is 8.12. The maximum atomic E-state index is 13.6. The lowest BCUT2D eigenvalue weighted by Crippen LogP contribution is -2.32. The third kappa shape index (κ3) is 3.78. The van der Waals surface area contributed by atoms with Gasteiger partial charge in [0.1, 0.15) is 11.4 Å². The van der Waals surface area contributed by atoms with Gasteiger partial charge in [0.05, 0.1) is 18.4 Å². The molecule has 162 valence electrons. The molecule has 3 aromatic rings. The van der Waals surface area contributed by atoms with Gasteiger partial charge in [0, 0.05) is 5.69 Å². The van der Waals surface area contributed by atoms with Crippen molar-refractivity contribution >= 4 is 28.8 Å². The van der Waals surface area contributed by atoms with E-state index in [9.17, 15) is 9.59 Å². The Hall–Kier alpha value is -3.86. The number of amides is 2. The van der Waals surface area contributed by atoms with Crippen molar-refractivity contribution in [1.82, 2.24) is 0 Å². The van der Waals surface area contributed by atoms with Gasteiger partial charge < -0.3 is 10.1 Å². The van der Waals surface area contributed by atoms with Crippen LogP contribution in [0.1, 0.15) is 27.8 Å². The van der Waals surface area contributed by atoms with E-state index in [0.29, 0.717) is 22.6 Å². The Morgan fingerprint density at radius 1 is 0.719 bits per heavy atom. The van der Waals surface area contributed by atoms with E-state index >= 15 is 0 Å². The van der Waals surface area contributed by atoms with Gasteiger partial charge in [0.15, 0.2) is 0 Å². The van der Waals surface area contributed by atoms with Crippen molar-refractivity contribution in [2.75, 3.05) is 17.3 Å². The van der Waals surface area contributed by atoms with Crippen LogP contribution >= 0.6 is 0 Å². The fourth-order valence-corrected chi connectivity index (χ4v) is 3.73. The van der Waals surface area contributed by atoms with Crippen LogP contribution < -0.4 is 15.0 Å². The molecule has 0 saturated heterocycles. The van der Waals surface area contributed by atoms with Crippen molar-refractivity contribution < 1.29 is 14.3 Å². The zero-order valence-electron chi connectivity index (χ0n) is 18.9. The lowest BCUT2D eigenvalue weighted by atomic mass is 10.0. The van der Waals surface area contributed by atoms with Gasteiger partial charge in [0.2, 0.25) is 0 Å². The molecule has 4 rings (SSSR count). The number of nitrogens with one attached hydrogen (secondary N) is 1. The fourth-order valence-electron chi connectivity index (χ4n) is 3.73. The molecule has 0 aromatic heterocycles. The van der Waals surface area contributed by atoms with Crippen LogP contribution in [-0.2, 0) is 9.59 Å². The minimum atomic E-state index is -0.373. The number of rotatable bonds is 5. The van der Waals surface area contributed by atoms with Gasteiger partial charge in [-0.25, -0.2) is 4.90 Å². The van der Waals surface area contributed by atoms with Crippen molar-refractivity contribution in [2.24, 2.45) is 0 Å². The molecule has 1 N–H and O–H groups in total. The Labute approximate surface area is 188 Å². The molecule has 0 unspecified atom stereocenters. The monoisotopic (exact) mass is 426 g/mol. The van der Waals surface area contributed by atoms with E-state index in [1.807, 2.05) is 64.1 Å². The Balaban J connectivity index is 1.82. The minimum Gasteiger partial charge on any atom is -0.497 e. The molecule has 0 spiro atoms. The number of methoxy groups -OCH3 is 1. The summed E-state index contributed by atoms with van der Waals surface area (Å²) in [5.41, 5.74) is 6.96. The Morgan fingerprint density at radius 2 is 1.34 bits per heavy atom. The molecule has 2 amide bonds. The summed E-state index contributed by atoms with van der Waals surface area (Å²) in [5, 5.41) is 3.23. The van der Waals surface area contributed by atoms with Crippen LogP contribution in [0, 0.1) is 27.7 Å². The number of carbonyl (C=O) groups is 2. The molecule has 0 bridgehead atoms. The van der Waals surface area contributed by atoms with E-state index in [0.717, 1.165) is 27.9 Å². The van der Waals surface area contributed by atoms with E-state index in [-0.39, 0.29) is 17.5 Å². The number of ether oxygens (including phenoxy) is 1. The summed E-state index contributed by atoms with van der Waals surface area (Å²) in [6.07, 6.45) is 0. The predicted octanol–water partition coefficient (Wildman–Crippen LogP) is 5.33. The smallest absolute Gasteiger partial charge is 0.282 e. The highest BCUT2D eigenvalue weighted by atomic mass is 16.5. The summed E-state index contributed by atoms with van der Waals surface area (Å²) in [5.74, 6) is -0.0436. The molecule has 3 aromatic carbocycles. The molecule has 1 aliphatic rings. The Morgan fingerprint density at radius 3 is 1.94 bits per heavy atom. The van der Waals surface area contributed by atoms with Crippen LogP contribution in [0.25, 0.3) is 5.57 Å². The third-order valence-corrected chi connectivity index (χ3v) is 5.99. The molecule has 5 nitrogen and oxygen atoms in total. The van der Waals surface area contributed by atoms with Crippen molar-refractivity contribution in [3.8, 4) is 5.75 Å². The topological polar surface area (TPSA) is 58.6 Å². The average Bonchev–Trinajstić information content (AvgIpc) is 3.02. The highest BCUT2D eigenvalue weighted by Gasteiger charge is 2.40. The maximum absolute atomic E-state index is 13.6. The Bertz CT molecular complexity index is 1260. The van der Waals surface area contributed by atoms with Crippen LogP contribution in [0.4, 0.5) is 11.4 Å². The normalized spacial score (nSPS) is 13.7. The maximum Gasteiger partial charge on any atom is 0.282 e. The number of anilines is 2. The lowest BCUT2D eigenvalue weighted by molar-refractivity contribution is -0.120. The zero-order chi connectivity index (χ0) is 23.0. The summed E-state index contributed by atoms with van der Waals surface area (Å²) in [6, 6.07) is 18.6. The largest absolute Gasteiger partial charge is 0.497 e. The second kappa shape index (κ2) is 8.35. The highest BCUT2D eigenvalue weighted by Crippen LogP contribution is 2.35. The summed E-state index contributed by atoms with van der Waals surface area (Å²) in [4.78, 5) is 28.3. The average molecular weight is 427 g/mol. The first-order valence-electron chi connectivity index (χ1n) is 10.5. The SMILES string of the molecule is COc1ccc(C2=C(Nc3ccc(C)c(C)c3)C(=O)N(c3ccc(C)c(C)c3)C2=O)cc1. The Kier molecular flexibility index (Phi) is 5.57. The van der Waals surface area contributed by atoms with Crippen molar-refractivity contribution in [3.63, 3.8) is 0 Å². The van der Waals surface area contributed by atoms with E-state index in [2.05, 4.69) is 5.32 Å². The van der Waals surface area contributed by atoms with Crippen LogP contribution in [-0.4, -0.2) is 18.9 Å². The molecule has 0 radical (unpaired) electrons. The molecular weight excluding hydrogens is 400 g/mol. The zero-order valence-corrected chi connectivity index (χ0v) is 18.9. The number of carbonyl (C=O) groups excluding carboxylic acids is 2. The van der Waals surface area contributed by atoms with Gasteiger partial charge in [-0.2, -0.15) is 0 Å². The third-order valence-electron chi connectivity index (χ3n) is 5.99. The number of benzene rings is 3. The summed E-state index contributed by atoms with van der Waals surface area (Å²) >= 11 is 0. The molecule has 5 heteroatoms. The molecule has 0 atom stereocenters. The predicted molar refractivity (Wildman–Crippen MR) is 128 cm³/mol. The van der Waals surface area contributed by atoms with Crippen molar-refractivity contribution in [1.29, 1.82) is 0 Å². The van der Waals surface area contributed by atoms with E-state index in [1.54, 1.807) is 31.4 Å². The van der Waals surface area contributed by atoms with Gasteiger partial charge in [-0.3, -0.25) is 9.59 Å². The number of imide groups is 1. The highest BCUT2D eigenvalue weighted by molar-refractivity contribution is 6.46.